The lowest BCUT2D eigenvalue weighted by molar-refractivity contribution is 0.0914. The zero-order valence-electron chi connectivity index (χ0n) is 12.5. The average molecular weight is 302 g/mol. The standard InChI is InChI=1S/C15H18N4O3/c1-9(2)19-7-11(22-15(19)21)6-16-14(20)10-3-4-12-13(5-10)18-8-17-12/h3-5,8-9,11H,6-7H2,1-2H3,(H,16,20)(H,17,18). The molecule has 116 valence electrons. The Morgan fingerprint density at radius 3 is 3.09 bits per heavy atom. The monoisotopic (exact) mass is 302 g/mol. The second-order valence-corrected chi connectivity index (χ2v) is 5.60. The Hall–Kier alpha value is -2.57. The lowest BCUT2D eigenvalue weighted by Crippen LogP contribution is -2.36. The molecule has 2 N–H and O–H groups in total. The van der Waals surface area contributed by atoms with E-state index in [1.807, 2.05) is 13.8 Å². The van der Waals surface area contributed by atoms with E-state index in [4.69, 9.17) is 4.74 Å². The lowest BCUT2D eigenvalue weighted by Gasteiger charge is -2.16. The van der Waals surface area contributed by atoms with Crippen LogP contribution in [0, 0.1) is 0 Å². The third kappa shape index (κ3) is 2.74. The number of nitrogens with one attached hydrogen (secondary N) is 2. The minimum atomic E-state index is -0.326. The van der Waals surface area contributed by atoms with Crippen molar-refractivity contribution in [3.8, 4) is 0 Å². The minimum absolute atomic E-state index is 0.0935. The highest BCUT2D eigenvalue weighted by Crippen LogP contribution is 2.14. The van der Waals surface area contributed by atoms with Gasteiger partial charge in [-0.25, -0.2) is 9.78 Å². The summed E-state index contributed by atoms with van der Waals surface area (Å²) in [4.78, 5) is 32.5. The molecule has 1 aromatic carbocycles. The molecular weight excluding hydrogens is 284 g/mol. The number of aromatic amines is 1. The molecule has 1 saturated heterocycles. The van der Waals surface area contributed by atoms with Crippen LogP contribution in [0.25, 0.3) is 11.0 Å². The van der Waals surface area contributed by atoms with Crippen molar-refractivity contribution >= 4 is 23.0 Å². The summed E-state index contributed by atoms with van der Waals surface area (Å²) in [5.74, 6) is -0.199. The molecule has 0 aliphatic carbocycles. The summed E-state index contributed by atoms with van der Waals surface area (Å²) in [6.07, 6.45) is 0.952. The van der Waals surface area contributed by atoms with E-state index in [0.29, 0.717) is 18.7 Å². The van der Waals surface area contributed by atoms with E-state index in [0.717, 1.165) is 11.0 Å². The van der Waals surface area contributed by atoms with Gasteiger partial charge in [-0.05, 0) is 32.0 Å². The number of aromatic nitrogens is 2. The molecule has 2 amide bonds. The van der Waals surface area contributed by atoms with Gasteiger partial charge in [0, 0.05) is 11.6 Å². The molecule has 1 fully saturated rings. The van der Waals surface area contributed by atoms with Gasteiger partial charge in [-0.1, -0.05) is 0 Å². The van der Waals surface area contributed by atoms with Crippen molar-refractivity contribution < 1.29 is 14.3 Å². The maximum Gasteiger partial charge on any atom is 0.410 e. The number of hydrogen-bond donors (Lipinski definition) is 2. The van der Waals surface area contributed by atoms with Crippen LogP contribution in [0.1, 0.15) is 24.2 Å². The number of amides is 2. The van der Waals surface area contributed by atoms with Gasteiger partial charge in [0.25, 0.3) is 5.91 Å². The fourth-order valence-electron chi connectivity index (χ4n) is 2.45. The van der Waals surface area contributed by atoms with Gasteiger partial charge >= 0.3 is 6.09 Å². The minimum Gasteiger partial charge on any atom is -0.442 e. The molecule has 7 heteroatoms. The topological polar surface area (TPSA) is 87.3 Å². The number of imidazole rings is 1. The molecule has 1 aromatic heterocycles. The quantitative estimate of drug-likeness (QED) is 0.896. The molecule has 2 heterocycles. The van der Waals surface area contributed by atoms with E-state index >= 15 is 0 Å². The Balaban J connectivity index is 1.59. The third-order valence-electron chi connectivity index (χ3n) is 3.70. The number of ether oxygens (including phenoxy) is 1. The SMILES string of the molecule is CC(C)N1CC(CNC(=O)c2ccc3nc[nH]c3c2)OC1=O. The Labute approximate surface area is 127 Å². The lowest BCUT2D eigenvalue weighted by atomic mass is 10.2. The van der Waals surface area contributed by atoms with Gasteiger partial charge in [0.05, 0.1) is 30.5 Å². The second-order valence-electron chi connectivity index (χ2n) is 5.60. The first-order chi connectivity index (χ1) is 10.5. The van der Waals surface area contributed by atoms with E-state index in [9.17, 15) is 9.59 Å². The van der Waals surface area contributed by atoms with Crippen molar-refractivity contribution in [3.63, 3.8) is 0 Å². The van der Waals surface area contributed by atoms with Crippen molar-refractivity contribution in [2.75, 3.05) is 13.1 Å². The Morgan fingerprint density at radius 1 is 1.55 bits per heavy atom. The summed E-state index contributed by atoms with van der Waals surface area (Å²) in [5, 5.41) is 2.80. The number of rotatable bonds is 4. The zero-order chi connectivity index (χ0) is 15.7. The summed E-state index contributed by atoms with van der Waals surface area (Å²) in [7, 11) is 0. The predicted molar refractivity (Wildman–Crippen MR) is 80.5 cm³/mol. The first-order valence-electron chi connectivity index (χ1n) is 7.23. The molecule has 1 atom stereocenters. The van der Waals surface area contributed by atoms with E-state index in [1.54, 1.807) is 29.4 Å². The third-order valence-corrected chi connectivity index (χ3v) is 3.70. The molecule has 2 aromatic rings. The number of benzene rings is 1. The smallest absolute Gasteiger partial charge is 0.410 e. The van der Waals surface area contributed by atoms with E-state index in [-0.39, 0.29) is 24.1 Å². The summed E-state index contributed by atoms with van der Waals surface area (Å²) in [6.45, 7) is 4.66. The van der Waals surface area contributed by atoms with Crippen LogP contribution in [0.2, 0.25) is 0 Å². The maximum atomic E-state index is 12.2. The fraction of sp³-hybridized carbons (Fsp3) is 0.400. The molecule has 22 heavy (non-hydrogen) atoms. The summed E-state index contributed by atoms with van der Waals surface area (Å²) in [6, 6.07) is 5.35. The average Bonchev–Trinajstić information content (AvgIpc) is 3.09. The van der Waals surface area contributed by atoms with Crippen LogP contribution in [-0.2, 0) is 4.74 Å². The van der Waals surface area contributed by atoms with Crippen molar-refractivity contribution in [1.29, 1.82) is 0 Å². The van der Waals surface area contributed by atoms with E-state index in [1.165, 1.54) is 0 Å². The molecule has 0 saturated carbocycles. The normalized spacial score (nSPS) is 18.0. The molecule has 1 aliphatic rings. The van der Waals surface area contributed by atoms with Crippen LogP contribution < -0.4 is 5.32 Å². The van der Waals surface area contributed by atoms with Gasteiger partial charge < -0.3 is 19.9 Å². The molecule has 7 nitrogen and oxygen atoms in total. The van der Waals surface area contributed by atoms with Gasteiger partial charge in [-0.2, -0.15) is 0 Å². The second kappa shape index (κ2) is 5.67. The van der Waals surface area contributed by atoms with Crippen LogP contribution in [0.15, 0.2) is 24.5 Å². The van der Waals surface area contributed by atoms with E-state index < -0.39 is 0 Å². The molecule has 0 bridgehead atoms. The van der Waals surface area contributed by atoms with Crippen LogP contribution in [0.4, 0.5) is 4.79 Å². The van der Waals surface area contributed by atoms with Crippen molar-refractivity contribution in [2.45, 2.75) is 26.0 Å². The summed E-state index contributed by atoms with van der Waals surface area (Å²) in [5.41, 5.74) is 2.17. The van der Waals surface area contributed by atoms with Gasteiger partial charge in [0.15, 0.2) is 0 Å². The van der Waals surface area contributed by atoms with Crippen molar-refractivity contribution in [3.05, 3.63) is 30.1 Å². The fourth-order valence-corrected chi connectivity index (χ4v) is 2.45. The zero-order valence-corrected chi connectivity index (χ0v) is 12.5. The van der Waals surface area contributed by atoms with Crippen LogP contribution in [0.5, 0.6) is 0 Å². The number of cyclic esters (lactones) is 1. The van der Waals surface area contributed by atoms with Gasteiger partial charge in [-0.3, -0.25) is 4.79 Å². The first-order valence-corrected chi connectivity index (χ1v) is 7.23. The van der Waals surface area contributed by atoms with Gasteiger partial charge in [0.2, 0.25) is 0 Å². The number of carbonyl (C=O) groups is 2. The van der Waals surface area contributed by atoms with E-state index in [2.05, 4.69) is 15.3 Å². The van der Waals surface area contributed by atoms with Crippen molar-refractivity contribution in [2.24, 2.45) is 0 Å². The number of carbonyl (C=O) groups excluding carboxylic acids is 2. The Kier molecular flexibility index (Phi) is 3.70. The molecule has 1 aliphatic heterocycles. The summed E-state index contributed by atoms with van der Waals surface area (Å²) < 4.78 is 5.24. The highest BCUT2D eigenvalue weighted by Gasteiger charge is 2.32. The highest BCUT2D eigenvalue weighted by atomic mass is 16.6. The van der Waals surface area contributed by atoms with Gasteiger partial charge in [0.1, 0.15) is 6.10 Å². The molecule has 0 radical (unpaired) electrons. The highest BCUT2D eigenvalue weighted by molar-refractivity contribution is 5.97. The summed E-state index contributed by atoms with van der Waals surface area (Å²) >= 11 is 0. The molecule has 1 unspecified atom stereocenters. The number of H-pyrrole nitrogens is 1. The first kappa shape index (κ1) is 14.4. The molecule has 3 rings (SSSR count). The van der Waals surface area contributed by atoms with Crippen LogP contribution in [-0.4, -0.2) is 52.1 Å². The molecule has 0 spiro atoms. The number of hydrogen-bond acceptors (Lipinski definition) is 4. The Bertz CT molecular complexity index is 710. The maximum absolute atomic E-state index is 12.2. The molecular formula is C15H18N4O3. The number of fused-ring (bicyclic) bond motifs is 1. The largest absolute Gasteiger partial charge is 0.442 e. The predicted octanol–water partition coefficient (Wildman–Crippen LogP) is 1.52. The Morgan fingerprint density at radius 2 is 2.36 bits per heavy atom. The van der Waals surface area contributed by atoms with Crippen molar-refractivity contribution in [1.82, 2.24) is 20.2 Å². The van der Waals surface area contributed by atoms with Gasteiger partial charge in [-0.15, -0.1) is 0 Å². The van der Waals surface area contributed by atoms with Crippen LogP contribution in [0.3, 0.4) is 0 Å². The number of nitrogens with zero attached hydrogens (tertiary/aromatic N) is 2. The van der Waals surface area contributed by atoms with Crippen LogP contribution >= 0.6 is 0 Å².